The number of nitrogens with zero attached hydrogens (tertiary/aromatic N) is 1. The second-order valence-corrected chi connectivity index (χ2v) is 6.33. The lowest BCUT2D eigenvalue weighted by Gasteiger charge is -2.31. The van der Waals surface area contributed by atoms with Crippen molar-refractivity contribution in [1.82, 2.24) is 4.90 Å². The van der Waals surface area contributed by atoms with E-state index in [1.807, 2.05) is 31.0 Å². The zero-order valence-corrected chi connectivity index (χ0v) is 14.9. The van der Waals surface area contributed by atoms with Crippen molar-refractivity contribution in [3.8, 4) is 11.5 Å². The topological polar surface area (TPSA) is 68.2 Å². The Labute approximate surface area is 143 Å². The highest BCUT2D eigenvalue weighted by molar-refractivity contribution is 5.77. The number of aliphatic carboxylic acids is 1. The first-order valence-corrected chi connectivity index (χ1v) is 8.21. The van der Waals surface area contributed by atoms with Gasteiger partial charge in [-0.1, -0.05) is 0 Å². The molecule has 1 fully saturated rings. The summed E-state index contributed by atoms with van der Waals surface area (Å²) < 4.78 is 16.2. The molecular weight excluding hydrogens is 310 g/mol. The smallest absolute Gasteiger partial charge is 0.325 e. The molecule has 134 valence electrons. The van der Waals surface area contributed by atoms with Crippen LogP contribution in [0.4, 0.5) is 0 Å². The monoisotopic (exact) mass is 337 g/mol. The normalized spacial score (nSPS) is 16.9. The average Bonchev–Trinajstić information content (AvgIpc) is 2.55. The molecule has 0 amide bonds. The Morgan fingerprint density at radius 1 is 1.33 bits per heavy atom. The predicted octanol–water partition coefficient (Wildman–Crippen LogP) is 2.50. The first kappa shape index (κ1) is 18.5. The fourth-order valence-electron chi connectivity index (χ4n) is 3.34. The van der Waals surface area contributed by atoms with Gasteiger partial charge < -0.3 is 19.3 Å². The van der Waals surface area contributed by atoms with Crippen LogP contribution in [0.1, 0.15) is 30.0 Å². The van der Waals surface area contributed by atoms with Crippen LogP contribution in [0.25, 0.3) is 0 Å². The van der Waals surface area contributed by atoms with Crippen LogP contribution >= 0.6 is 0 Å². The minimum atomic E-state index is -0.893. The standard InChI is InChI=1S/C18H27NO5/c1-12-9-14(17(23-4)15(10-12)22-3)16(18(20)21)19(2)11-13-5-7-24-8-6-13/h9-10,13,16H,5-8,11H2,1-4H3,(H,20,21)/t16-/m0/s1. The summed E-state index contributed by atoms with van der Waals surface area (Å²) in [5.74, 6) is 0.589. The molecule has 1 atom stereocenters. The summed E-state index contributed by atoms with van der Waals surface area (Å²) in [4.78, 5) is 13.9. The summed E-state index contributed by atoms with van der Waals surface area (Å²) in [7, 11) is 4.94. The number of carbonyl (C=O) groups is 1. The van der Waals surface area contributed by atoms with Crippen LogP contribution in [0.5, 0.6) is 11.5 Å². The third-order valence-corrected chi connectivity index (χ3v) is 4.51. The Hall–Kier alpha value is -1.79. The van der Waals surface area contributed by atoms with Crippen LogP contribution in [0.3, 0.4) is 0 Å². The van der Waals surface area contributed by atoms with Gasteiger partial charge in [-0.25, -0.2) is 0 Å². The van der Waals surface area contributed by atoms with E-state index in [-0.39, 0.29) is 0 Å². The molecule has 1 saturated heterocycles. The molecule has 6 heteroatoms. The third kappa shape index (κ3) is 4.19. The molecule has 0 aromatic heterocycles. The molecule has 1 aromatic rings. The number of benzene rings is 1. The highest BCUT2D eigenvalue weighted by Gasteiger charge is 2.31. The van der Waals surface area contributed by atoms with Crippen molar-refractivity contribution in [1.29, 1.82) is 0 Å². The van der Waals surface area contributed by atoms with Crippen molar-refractivity contribution in [3.63, 3.8) is 0 Å². The first-order chi connectivity index (χ1) is 11.5. The van der Waals surface area contributed by atoms with Gasteiger partial charge >= 0.3 is 5.97 Å². The Balaban J connectivity index is 2.32. The number of ether oxygens (including phenoxy) is 3. The molecule has 0 unspecified atom stereocenters. The van der Waals surface area contributed by atoms with Gasteiger partial charge in [-0.15, -0.1) is 0 Å². The molecular formula is C18H27NO5. The Kier molecular flexibility index (Phi) is 6.45. The predicted molar refractivity (Wildman–Crippen MR) is 90.8 cm³/mol. The fourth-order valence-corrected chi connectivity index (χ4v) is 3.34. The van der Waals surface area contributed by atoms with Gasteiger partial charge in [0.1, 0.15) is 6.04 Å². The van der Waals surface area contributed by atoms with E-state index >= 15 is 0 Å². The molecule has 0 aliphatic carbocycles. The van der Waals surface area contributed by atoms with Crippen LogP contribution in [0.15, 0.2) is 12.1 Å². The maximum absolute atomic E-state index is 12.0. The van der Waals surface area contributed by atoms with Crippen LogP contribution in [0.2, 0.25) is 0 Å². The largest absolute Gasteiger partial charge is 0.493 e. The highest BCUT2D eigenvalue weighted by atomic mass is 16.5. The van der Waals surface area contributed by atoms with Gasteiger partial charge in [0.05, 0.1) is 14.2 Å². The zero-order chi connectivity index (χ0) is 17.7. The highest BCUT2D eigenvalue weighted by Crippen LogP contribution is 2.38. The molecule has 24 heavy (non-hydrogen) atoms. The second-order valence-electron chi connectivity index (χ2n) is 6.33. The number of aryl methyl sites for hydroxylation is 1. The van der Waals surface area contributed by atoms with Crippen molar-refractivity contribution in [2.45, 2.75) is 25.8 Å². The molecule has 1 aliphatic rings. The summed E-state index contributed by atoms with van der Waals surface area (Å²) in [5.41, 5.74) is 1.56. The molecule has 1 N–H and O–H groups in total. The maximum Gasteiger partial charge on any atom is 0.325 e. The number of rotatable bonds is 7. The van der Waals surface area contributed by atoms with E-state index in [1.54, 1.807) is 7.11 Å². The fraction of sp³-hybridized carbons (Fsp3) is 0.611. The molecule has 1 heterocycles. The zero-order valence-electron chi connectivity index (χ0n) is 14.9. The number of methoxy groups -OCH3 is 2. The van der Waals surface area contributed by atoms with E-state index in [9.17, 15) is 9.90 Å². The van der Waals surface area contributed by atoms with E-state index in [1.165, 1.54) is 7.11 Å². The van der Waals surface area contributed by atoms with E-state index in [0.717, 1.165) is 31.6 Å². The summed E-state index contributed by atoms with van der Waals surface area (Å²) >= 11 is 0. The maximum atomic E-state index is 12.0. The van der Waals surface area contributed by atoms with Crippen molar-refractivity contribution in [2.24, 2.45) is 5.92 Å². The van der Waals surface area contributed by atoms with E-state index in [0.29, 0.717) is 29.5 Å². The number of likely N-dealkylation sites (N-methyl/N-ethyl adjacent to an activating group) is 1. The van der Waals surface area contributed by atoms with Gasteiger partial charge in [-0.05, 0) is 50.4 Å². The van der Waals surface area contributed by atoms with Gasteiger partial charge in [0, 0.05) is 25.3 Å². The third-order valence-electron chi connectivity index (χ3n) is 4.51. The first-order valence-electron chi connectivity index (χ1n) is 8.21. The SMILES string of the molecule is COc1cc(C)cc([C@@H](C(=O)O)N(C)CC2CCOCC2)c1OC. The number of hydrogen-bond acceptors (Lipinski definition) is 5. The lowest BCUT2D eigenvalue weighted by Crippen LogP contribution is -2.36. The quantitative estimate of drug-likeness (QED) is 0.824. The molecule has 2 rings (SSSR count). The minimum absolute atomic E-state index is 0.447. The summed E-state index contributed by atoms with van der Waals surface area (Å²) in [6.07, 6.45) is 1.93. The summed E-state index contributed by atoms with van der Waals surface area (Å²) in [5, 5.41) is 9.84. The Morgan fingerprint density at radius 3 is 2.54 bits per heavy atom. The Morgan fingerprint density at radius 2 is 2.00 bits per heavy atom. The minimum Gasteiger partial charge on any atom is -0.493 e. The lowest BCUT2D eigenvalue weighted by molar-refractivity contribution is -0.143. The van der Waals surface area contributed by atoms with Gasteiger partial charge in [-0.3, -0.25) is 9.69 Å². The van der Waals surface area contributed by atoms with Gasteiger partial charge in [0.2, 0.25) is 0 Å². The van der Waals surface area contributed by atoms with Crippen LogP contribution in [-0.2, 0) is 9.53 Å². The molecule has 6 nitrogen and oxygen atoms in total. The number of carboxylic acid groups (broad SMARTS) is 1. The summed E-state index contributed by atoms with van der Waals surface area (Å²) in [6.45, 7) is 4.12. The average molecular weight is 337 g/mol. The van der Waals surface area contributed by atoms with Crippen molar-refractivity contribution in [2.75, 3.05) is 41.0 Å². The van der Waals surface area contributed by atoms with Crippen molar-refractivity contribution >= 4 is 5.97 Å². The number of carboxylic acids is 1. The molecule has 0 spiro atoms. The molecule has 0 bridgehead atoms. The number of hydrogen-bond donors (Lipinski definition) is 1. The summed E-state index contributed by atoms with van der Waals surface area (Å²) in [6, 6.07) is 2.93. The van der Waals surface area contributed by atoms with E-state index in [4.69, 9.17) is 14.2 Å². The molecule has 1 aromatic carbocycles. The van der Waals surface area contributed by atoms with Crippen molar-refractivity contribution < 1.29 is 24.1 Å². The molecule has 1 aliphatic heterocycles. The molecule has 0 saturated carbocycles. The van der Waals surface area contributed by atoms with E-state index in [2.05, 4.69) is 0 Å². The second kappa shape index (κ2) is 8.35. The van der Waals surface area contributed by atoms with Crippen LogP contribution in [0, 0.1) is 12.8 Å². The van der Waals surface area contributed by atoms with E-state index < -0.39 is 12.0 Å². The van der Waals surface area contributed by atoms with Crippen LogP contribution < -0.4 is 9.47 Å². The van der Waals surface area contributed by atoms with Gasteiger partial charge in [0.25, 0.3) is 0 Å². The van der Waals surface area contributed by atoms with Crippen LogP contribution in [-0.4, -0.2) is 57.0 Å². The van der Waals surface area contributed by atoms with Gasteiger partial charge in [0.15, 0.2) is 11.5 Å². The van der Waals surface area contributed by atoms with Gasteiger partial charge in [-0.2, -0.15) is 0 Å². The molecule has 0 radical (unpaired) electrons. The lowest BCUT2D eigenvalue weighted by atomic mass is 9.96. The Bertz CT molecular complexity index is 569. The van der Waals surface area contributed by atoms with Crippen molar-refractivity contribution in [3.05, 3.63) is 23.3 Å².